The fourth-order valence-electron chi connectivity index (χ4n) is 2.86. The van der Waals surface area contributed by atoms with Crippen LogP contribution in [0.4, 0.5) is 4.79 Å². The van der Waals surface area contributed by atoms with Gasteiger partial charge in [-0.15, -0.1) is 0 Å². The van der Waals surface area contributed by atoms with E-state index in [9.17, 15) is 18.0 Å². The van der Waals surface area contributed by atoms with Crippen LogP contribution in [0.3, 0.4) is 0 Å². The molecular formula is C17H23N5O5S. The van der Waals surface area contributed by atoms with Crippen LogP contribution in [0.2, 0.25) is 0 Å². The van der Waals surface area contributed by atoms with E-state index in [0.29, 0.717) is 31.9 Å². The van der Waals surface area contributed by atoms with E-state index in [0.717, 1.165) is 4.90 Å². The summed E-state index contributed by atoms with van der Waals surface area (Å²) in [5.41, 5.74) is 0.590. The molecule has 2 fully saturated rings. The van der Waals surface area contributed by atoms with Gasteiger partial charge in [-0.3, -0.25) is 14.7 Å². The Morgan fingerprint density at radius 1 is 1.29 bits per heavy atom. The topological polar surface area (TPSA) is 112 Å². The Bertz CT molecular complexity index is 864. The number of imide groups is 1. The first kappa shape index (κ1) is 20.2. The molecule has 2 aliphatic rings. The van der Waals surface area contributed by atoms with E-state index in [-0.39, 0.29) is 17.2 Å². The average molecular weight is 409 g/mol. The summed E-state index contributed by atoms with van der Waals surface area (Å²) in [7, 11) is -0.546. The first-order chi connectivity index (χ1) is 13.3. The summed E-state index contributed by atoms with van der Waals surface area (Å²) in [5, 5.41) is 8.38. The van der Waals surface area contributed by atoms with Gasteiger partial charge >= 0.3 is 6.03 Å². The predicted octanol–water partition coefficient (Wildman–Crippen LogP) is -0.129. The molecule has 1 aromatic rings. The highest BCUT2D eigenvalue weighted by Crippen LogP contribution is 2.18. The van der Waals surface area contributed by atoms with Crippen molar-refractivity contribution in [2.75, 3.05) is 40.4 Å². The van der Waals surface area contributed by atoms with Crippen LogP contribution < -0.4 is 5.32 Å². The molecule has 0 aliphatic carbocycles. The summed E-state index contributed by atoms with van der Waals surface area (Å²) in [4.78, 5) is 24.7. The fourth-order valence-corrected chi connectivity index (χ4v) is 4.32. The van der Waals surface area contributed by atoms with Crippen LogP contribution in [-0.4, -0.2) is 87.3 Å². The van der Waals surface area contributed by atoms with Crippen LogP contribution in [0.15, 0.2) is 34.3 Å². The van der Waals surface area contributed by atoms with Gasteiger partial charge in [0.15, 0.2) is 0 Å². The van der Waals surface area contributed by atoms with E-state index in [1.54, 1.807) is 31.3 Å². The van der Waals surface area contributed by atoms with Gasteiger partial charge in [-0.05, 0) is 17.7 Å². The number of sulfonamides is 1. The Hall–Kier alpha value is -2.50. The van der Waals surface area contributed by atoms with Gasteiger partial charge in [0.05, 0.1) is 30.7 Å². The van der Waals surface area contributed by atoms with Gasteiger partial charge in [0.25, 0.3) is 0 Å². The van der Waals surface area contributed by atoms with Crippen molar-refractivity contribution in [1.29, 1.82) is 0 Å². The third kappa shape index (κ3) is 4.32. The van der Waals surface area contributed by atoms with Crippen LogP contribution in [0, 0.1) is 0 Å². The molecule has 0 saturated carbocycles. The Morgan fingerprint density at radius 3 is 2.68 bits per heavy atom. The molecule has 28 heavy (non-hydrogen) atoms. The van der Waals surface area contributed by atoms with Gasteiger partial charge < -0.3 is 10.1 Å². The van der Waals surface area contributed by atoms with Crippen LogP contribution in [0.1, 0.15) is 12.0 Å². The SMILES string of the molecule is CN1C(=O)CC(N(C)/N=C/c2cccc(S(=O)(=O)N3CCOCC3)c2)NC1=O. The highest BCUT2D eigenvalue weighted by atomic mass is 32.2. The molecule has 1 aromatic carbocycles. The molecular weight excluding hydrogens is 386 g/mol. The monoisotopic (exact) mass is 409 g/mol. The van der Waals surface area contributed by atoms with Gasteiger partial charge in [0, 0.05) is 27.2 Å². The number of hydrogen-bond acceptors (Lipinski definition) is 7. The van der Waals surface area contributed by atoms with Crippen LogP contribution >= 0.6 is 0 Å². The number of nitrogens with one attached hydrogen (secondary N) is 1. The maximum atomic E-state index is 12.8. The summed E-state index contributed by atoms with van der Waals surface area (Å²) < 4.78 is 32.1. The van der Waals surface area contributed by atoms with Gasteiger partial charge in [-0.2, -0.15) is 9.41 Å². The molecule has 152 valence electrons. The minimum atomic E-state index is -3.59. The highest BCUT2D eigenvalue weighted by Gasteiger charge is 2.31. The third-order valence-electron chi connectivity index (χ3n) is 4.64. The van der Waals surface area contributed by atoms with Gasteiger partial charge in [0.2, 0.25) is 15.9 Å². The molecule has 10 nitrogen and oxygen atoms in total. The molecule has 2 heterocycles. The van der Waals surface area contributed by atoms with Crippen LogP contribution in [0.25, 0.3) is 0 Å². The quantitative estimate of drug-likeness (QED) is 0.536. The number of carbonyl (C=O) groups excluding carboxylic acids is 2. The van der Waals surface area contributed by atoms with E-state index in [4.69, 9.17) is 4.74 Å². The van der Waals surface area contributed by atoms with Crippen molar-refractivity contribution in [3.63, 3.8) is 0 Å². The summed E-state index contributed by atoms with van der Waals surface area (Å²) >= 11 is 0. The highest BCUT2D eigenvalue weighted by molar-refractivity contribution is 7.89. The molecule has 0 bridgehead atoms. The third-order valence-corrected chi connectivity index (χ3v) is 6.54. The first-order valence-corrected chi connectivity index (χ1v) is 10.2. The second kappa shape index (κ2) is 8.25. The van der Waals surface area contributed by atoms with Crippen LogP contribution in [0.5, 0.6) is 0 Å². The molecule has 0 spiro atoms. The lowest BCUT2D eigenvalue weighted by Gasteiger charge is -2.32. The number of rotatable bonds is 5. The minimum Gasteiger partial charge on any atom is -0.379 e. The predicted molar refractivity (Wildman–Crippen MR) is 101 cm³/mol. The van der Waals surface area contributed by atoms with Crippen molar-refractivity contribution in [2.24, 2.45) is 5.10 Å². The molecule has 3 rings (SSSR count). The van der Waals surface area contributed by atoms with E-state index >= 15 is 0 Å². The van der Waals surface area contributed by atoms with E-state index in [2.05, 4.69) is 10.4 Å². The summed E-state index contributed by atoms with van der Waals surface area (Å²) in [6.07, 6.45) is 1.03. The normalized spacial score (nSPS) is 21.8. The molecule has 1 atom stereocenters. The van der Waals surface area contributed by atoms with Crippen molar-refractivity contribution < 1.29 is 22.7 Å². The summed E-state index contributed by atoms with van der Waals surface area (Å²) in [5.74, 6) is -0.297. The van der Waals surface area contributed by atoms with E-state index < -0.39 is 22.2 Å². The maximum Gasteiger partial charge on any atom is 0.325 e. The number of nitrogens with zero attached hydrogens (tertiary/aromatic N) is 4. The van der Waals surface area contributed by atoms with Crippen molar-refractivity contribution in [2.45, 2.75) is 17.5 Å². The number of morpholine rings is 1. The minimum absolute atomic E-state index is 0.0987. The number of hydrazone groups is 1. The van der Waals surface area contributed by atoms with Crippen molar-refractivity contribution in [3.8, 4) is 0 Å². The Morgan fingerprint density at radius 2 is 2.00 bits per heavy atom. The lowest BCUT2D eigenvalue weighted by molar-refractivity contribution is -0.130. The zero-order chi connectivity index (χ0) is 20.3. The molecule has 11 heteroatoms. The van der Waals surface area contributed by atoms with E-state index in [1.165, 1.54) is 22.6 Å². The van der Waals surface area contributed by atoms with Gasteiger partial charge in [0.1, 0.15) is 6.17 Å². The van der Waals surface area contributed by atoms with Gasteiger partial charge in [-0.25, -0.2) is 13.2 Å². The maximum absolute atomic E-state index is 12.8. The molecule has 0 radical (unpaired) electrons. The number of ether oxygens (including phenoxy) is 1. The molecule has 1 unspecified atom stereocenters. The Labute approximate surface area is 163 Å². The zero-order valence-electron chi connectivity index (χ0n) is 15.7. The summed E-state index contributed by atoms with van der Waals surface area (Å²) in [6.45, 7) is 1.42. The van der Waals surface area contributed by atoms with Crippen molar-refractivity contribution in [1.82, 2.24) is 19.5 Å². The number of benzene rings is 1. The van der Waals surface area contributed by atoms with Crippen molar-refractivity contribution in [3.05, 3.63) is 29.8 Å². The number of hydrogen-bond donors (Lipinski definition) is 1. The number of carbonyl (C=O) groups is 2. The zero-order valence-corrected chi connectivity index (χ0v) is 16.6. The number of urea groups is 1. The lowest BCUT2D eigenvalue weighted by atomic mass is 10.2. The smallest absolute Gasteiger partial charge is 0.325 e. The summed E-state index contributed by atoms with van der Waals surface area (Å²) in [6, 6.07) is 5.98. The Kier molecular flexibility index (Phi) is 5.96. The standard InChI is InChI=1S/C17H23N5O5S/c1-20-16(23)11-15(19-17(20)24)21(2)18-12-13-4-3-5-14(10-13)28(25,26)22-6-8-27-9-7-22/h3-5,10,12,15H,6-9,11H2,1-2H3,(H,19,24)/b18-12+. The number of amides is 3. The molecule has 0 aromatic heterocycles. The second-order valence-corrected chi connectivity index (χ2v) is 8.47. The first-order valence-electron chi connectivity index (χ1n) is 8.81. The lowest BCUT2D eigenvalue weighted by Crippen LogP contribution is -2.57. The average Bonchev–Trinajstić information content (AvgIpc) is 2.70. The van der Waals surface area contributed by atoms with Crippen molar-refractivity contribution >= 4 is 28.2 Å². The molecule has 2 saturated heterocycles. The molecule has 3 amide bonds. The van der Waals surface area contributed by atoms with Gasteiger partial charge in [-0.1, -0.05) is 12.1 Å². The molecule has 1 N–H and O–H groups in total. The largest absolute Gasteiger partial charge is 0.379 e. The van der Waals surface area contributed by atoms with Crippen LogP contribution in [-0.2, 0) is 19.6 Å². The molecule has 2 aliphatic heterocycles. The fraction of sp³-hybridized carbons (Fsp3) is 0.471. The second-order valence-electron chi connectivity index (χ2n) is 6.53. The van der Waals surface area contributed by atoms with E-state index in [1.807, 2.05) is 0 Å². The Balaban J connectivity index is 1.72.